The lowest BCUT2D eigenvalue weighted by atomic mass is 10.1. The Morgan fingerprint density at radius 3 is 2.08 bits per heavy atom. The Morgan fingerprint density at radius 1 is 1.17 bits per heavy atom. The van der Waals surface area contributed by atoms with Gasteiger partial charge < -0.3 is 9.84 Å². The van der Waals surface area contributed by atoms with Gasteiger partial charge in [0.25, 0.3) is 0 Å². The van der Waals surface area contributed by atoms with Crippen molar-refractivity contribution in [2.45, 2.75) is 27.1 Å². The van der Waals surface area contributed by atoms with Crippen LogP contribution in [0.5, 0.6) is 5.75 Å². The standard InChI is InChI=1S/C10H14O2/c1-7-4-8(2)6-10(5-7)12-9(3)11/h4-6,9,11H,1-3H3. The largest absolute Gasteiger partial charge is 0.465 e. The Morgan fingerprint density at radius 2 is 1.67 bits per heavy atom. The van der Waals surface area contributed by atoms with Gasteiger partial charge in [0.05, 0.1) is 0 Å². The van der Waals surface area contributed by atoms with Crippen LogP contribution in [-0.4, -0.2) is 11.4 Å². The zero-order valence-corrected chi connectivity index (χ0v) is 7.66. The molecule has 0 saturated heterocycles. The maximum absolute atomic E-state index is 8.97. The Bertz CT molecular complexity index is 246. The summed E-state index contributed by atoms with van der Waals surface area (Å²) in [7, 11) is 0. The average molecular weight is 166 g/mol. The fraction of sp³-hybridized carbons (Fsp3) is 0.400. The highest BCUT2D eigenvalue weighted by molar-refractivity contribution is 5.32. The smallest absolute Gasteiger partial charge is 0.194 e. The van der Waals surface area contributed by atoms with Crippen molar-refractivity contribution >= 4 is 0 Å². The molecule has 1 aromatic carbocycles. The van der Waals surface area contributed by atoms with Gasteiger partial charge in [0, 0.05) is 0 Å². The zero-order chi connectivity index (χ0) is 9.14. The lowest BCUT2D eigenvalue weighted by molar-refractivity contribution is -0.000347. The minimum atomic E-state index is -0.744. The summed E-state index contributed by atoms with van der Waals surface area (Å²) in [5.74, 6) is 0.725. The van der Waals surface area contributed by atoms with Crippen molar-refractivity contribution in [2.75, 3.05) is 0 Å². The van der Waals surface area contributed by atoms with E-state index in [0.717, 1.165) is 16.9 Å². The van der Waals surface area contributed by atoms with E-state index in [4.69, 9.17) is 9.84 Å². The highest BCUT2D eigenvalue weighted by Crippen LogP contribution is 2.16. The molecule has 0 amide bonds. The van der Waals surface area contributed by atoms with Crippen molar-refractivity contribution in [1.29, 1.82) is 0 Å². The fourth-order valence-corrected chi connectivity index (χ4v) is 1.20. The van der Waals surface area contributed by atoms with Crippen LogP contribution in [0.15, 0.2) is 18.2 Å². The van der Waals surface area contributed by atoms with E-state index < -0.39 is 6.29 Å². The van der Waals surface area contributed by atoms with Crippen molar-refractivity contribution in [3.05, 3.63) is 29.3 Å². The van der Waals surface area contributed by atoms with Gasteiger partial charge in [-0.05, 0) is 44.0 Å². The van der Waals surface area contributed by atoms with Gasteiger partial charge in [0.1, 0.15) is 5.75 Å². The molecule has 0 aromatic heterocycles. The maximum Gasteiger partial charge on any atom is 0.194 e. The normalized spacial score (nSPS) is 12.7. The Labute approximate surface area is 72.8 Å². The number of hydrogen-bond acceptors (Lipinski definition) is 2. The van der Waals surface area contributed by atoms with E-state index in [1.54, 1.807) is 6.92 Å². The molecule has 0 bridgehead atoms. The van der Waals surface area contributed by atoms with Crippen LogP contribution in [0.3, 0.4) is 0 Å². The lowest BCUT2D eigenvalue weighted by Gasteiger charge is -2.09. The van der Waals surface area contributed by atoms with Gasteiger partial charge in [-0.3, -0.25) is 0 Å². The highest BCUT2D eigenvalue weighted by Gasteiger charge is 1.99. The molecule has 1 unspecified atom stereocenters. The molecule has 2 heteroatoms. The molecule has 0 radical (unpaired) electrons. The van der Waals surface area contributed by atoms with E-state index in [1.165, 1.54) is 0 Å². The molecule has 0 saturated carbocycles. The molecule has 0 aliphatic carbocycles. The van der Waals surface area contributed by atoms with Crippen LogP contribution in [0.1, 0.15) is 18.1 Å². The third-order valence-corrected chi connectivity index (χ3v) is 1.50. The molecule has 2 nitrogen and oxygen atoms in total. The topological polar surface area (TPSA) is 29.5 Å². The van der Waals surface area contributed by atoms with E-state index in [0.29, 0.717) is 0 Å². The second-order valence-electron chi connectivity index (χ2n) is 3.04. The SMILES string of the molecule is Cc1cc(C)cc(OC(C)O)c1. The summed E-state index contributed by atoms with van der Waals surface area (Å²) in [4.78, 5) is 0. The molecule has 1 aromatic rings. The Kier molecular flexibility index (Phi) is 2.71. The van der Waals surface area contributed by atoms with E-state index in [1.807, 2.05) is 26.0 Å². The number of aryl methyl sites for hydroxylation is 2. The Balaban J connectivity index is 2.85. The first-order valence-electron chi connectivity index (χ1n) is 4.01. The summed E-state index contributed by atoms with van der Waals surface area (Å²) in [5.41, 5.74) is 2.29. The molecule has 1 rings (SSSR count). The summed E-state index contributed by atoms with van der Waals surface area (Å²) < 4.78 is 5.13. The first-order valence-corrected chi connectivity index (χ1v) is 4.01. The Hall–Kier alpha value is -1.02. The van der Waals surface area contributed by atoms with Gasteiger partial charge in [-0.2, -0.15) is 0 Å². The van der Waals surface area contributed by atoms with Crippen LogP contribution in [0, 0.1) is 13.8 Å². The number of aliphatic hydroxyl groups is 1. The fourth-order valence-electron chi connectivity index (χ4n) is 1.20. The maximum atomic E-state index is 8.97. The van der Waals surface area contributed by atoms with Crippen LogP contribution >= 0.6 is 0 Å². The number of hydrogen-bond donors (Lipinski definition) is 1. The van der Waals surface area contributed by atoms with Crippen LogP contribution in [0.25, 0.3) is 0 Å². The van der Waals surface area contributed by atoms with E-state index in [9.17, 15) is 0 Å². The highest BCUT2D eigenvalue weighted by atomic mass is 16.6. The van der Waals surface area contributed by atoms with Crippen molar-refractivity contribution in [3.63, 3.8) is 0 Å². The first-order chi connectivity index (χ1) is 5.58. The third-order valence-electron chi connectivity index (χ3n) is 1.50. The molecule has 0 fully saturated rings. The molecule has 1 N–H and O–H groups in total. The molecule has 0 spiro atoms. The molecule has 0 aliphatic rings. The first kappa shape index (κ1) is 9.07. The monoisotopic (exact) mass is 166 g/mol. The minimum Gasteiger partial charge on any atom is -0.465 e. The van der Waals surface area contributed by atoms with Crippen molar-refractivity contribution < 1.29 is 9.84 Å². The van der Waals surface area contributed by atoms with Gasteiger partial charge in [0.15, 0.2) is 6.29 Å². The number of ether oxygens (including phenoxy) is 1. The second kappa shape index (κ2) is 3.59. The quantitative estimate of drug-likeness (QED) is 0.681. The van der Waals surface area contributed by atoms with Crippen LogP contribution in [0.4, 0.5) is 0 Å². The summed E-state index contributed by atoms with van der Waals surface area (Å²) in [6.07, 6.45) is -0.744. The molecule has 1 atom stereocenters. The summed E-state index contributed by atoms with van der Waals surface area (Å²) >= 11 is 0. The van der Waals surface area contributed by atoms with Crippen LogP contribution in [-0.2, 0) is 0 Å². The number of rotatable bonds is 2. The lowest BCUT2D eigenvalue weighted by Crippen LogP contribution is -2.09. The van der Waals surface area contributed by atoms with Crippen LogP contribution in [0.2, 0.25) is 0 Å². The third kappa shape index (κ3) is 2.55. The average Bonchev–Trinajstić information content (AvgIpc) is 1.81. The van der Waals surface area contributed by atoms with Crippen LogP contribution < -0.4 is 4.74 Å². The molecule has 66 valence electrons. The van der Waals surface area contributed by atoms with Gasteiger partial charge >= 0.3 is 0 Å². The molecular formula is C10H14O2. The molecular weight excluding hydrogens is 152 g/mol. The second-order valence-corrected chi connectivity index (χ2v) is 3.04. The van der Waals surface area contributed by atoms with Gasteiger partial charge in [0.2, 0.25) is 0 Å². The molecule has 12 heavy (non-hydrogen) atoms. The predicted molar refractivity (Wildman–Crippen MR) is 48.2 cm³/mol. The van der Waals surface area contributed by atoms with Gasteiger partial charge in [-0.1, -0.05) is 6.07 Å². The van der Waals surface area contributed by atoms with E-state index in [2.05, 4.69) is 6.07 Å². The number of benzene rings is 1. The minimum absolute atomic E-state index is 0.725. The molecule has 0 heterocycles. The van der Waals surface area contributed by atoms with Gasteiger partial charge in [-0.15, -0.1) is 0 Å². The zero-order valence-electron chi connectivity index (χ0n) is 7.66. The number of aliphatic hydroxyl groups excluding tert-OH is 1. The van der Waals surface area contributed by atoms with Crippen molar-refractivity contribution in [2.24, 2.45) is 0 Å². The molecule has 0 aliphatic heterocycles. The van der Waals surface area contributed by atoms with Gasteiger partial charge in [-0.25, -0.2) is 0 Å². The van der Waals surface area contributed by atoms with E-state index >= 15 is 0 Å². The van der Waals surface area contributed by atoms with E-state index in [-0.39, 0.29) is 0 Å². The van der Waals surface area contributed by atoms with Crippen molar-refractivity contribution in [1.82, 2.24) is 0 Å². The summed E-state index contributed by atoms with van der Waals surface area (Å²) in [5, 5.41) is 8.97. The van der Waals surface area contributed by atoms with Crippen molar-refractivity contribution in [3.8, 4) is 5.75 Å². The summed E-state index contributed by atoms with van der Waals surface area (Å²) in [6.45, 7) is 5.60. The predicted octanol–water partition coefficient (Wildman–Crippen LogP) is 2.02. The summed E-state index contributed by atoms with van der Waals surface area (Å²) in [6, 6.07) is 5.87.